The molecule has 0 aromatic heterocycles. The predicted molar refractivity (Wildman–Crippen MR) is 553 cm³/mol. The van der Waals surface area contributed by atoms with Crippen molar-refractivity contribution in [3.8, 4) is 178 Å². The Balaban J connectivity index is 0.000000181. The zero-order chi connectivity index (χ0) is 89.1. The first-order valence-electron chi connectivity index (χ1n) is 45.4. The van der Waals surface area contributed by atoms with Crippen LogP contribution in [0.25, 0.3) is 178 Å². The summed E-state index contributed by atoms with van der Waals surface area (Å²) in [5.74, 6) is 0. The van der Waals surface area contributed by atoms with Gasteiger partial charge < -0.3 is 0 Å². The Hall–Kier alpha value is -14.0. The van der Waals surface area contributed by atoms with Gasteiger partial charge in [-0.2, -0.15) is 0 Å². The molecule has 18 rings (SSSR count). The van der Waals surface area contributed by atoms with Crippen LogP contribution in [0, 0.1) is 0 Å². The molecule has 0 heteroatoms. The van der Waals surface area contributed by atoms with E-state index < -0.39 is 0 Å². The number of hydrogen-bond donors (Lipinski definition) is 0. The van der Waals surface area contributed by atoms with Gasteiger partial charge in [-0.3, -0.25) is 0 Å². The van der Waals surface area contributed by atoms with E-state index in [4.69, 9.17) is 0 Å². The molecule has 0 N–H and O–H groups in total. The van der Waals surface area contributed by atoms with Crippen molar-refractivity contribution in [3.05, 3.63) is 459 Å². The Morgan fingerprint density at radius 2 is 0.164 bits per heavy atom. The van der Waals surface area contributed by atoms with Crippen molar-refractivity contribution in [1.82, 2.24) is 0 Å². The standard InChI is InChI=1S/C68H74.C60H42/c1-64(2,3)59-26-16-45(17-27-59)50-36-51(46-18-28-60(29-19-46)65(4,5)6)39-55(38-50)57-42-54(49-24-34-63(35-25-49)68(13,14)15)43-58(44-57)56-40-52(47-20-30-61(31-21-47)66(7,8)9)37-53(41-56)48-22-32-62(33-23-48)67(10,11)12;1-7-19-43(20-8-1)49-31-50(44-21-9-2-10-22-44)35-55(34-49)58-40-59(56-36-51(45-23-11-3-12-24-45)32-52(37-56)46-25-13-4-14-26-46)42-60(41-58)57-38-53(47-27-15-5-16-28-47)33-54(39-57)48-29-17-6-18-30-48/h16-44H,1-15H3;1-42H. The Kier molecular flexibility index (Phi) is 24.3. The lowest BCUT2D eigenvalue weighted by Crippen LogP contribution is -2.10. The fraction of sp³-hybridized carbons (Fsp3) is 0.156. The molecule has 0 fully saturated rings. The Bertz CT molecular complexity index is 6050. The smallest absolute Gasteiger partial charge is 0.0132 e. The van der Waals surface area contributed by atoms with Crippen LogP contribution in [0.3, 0.4) is 0 Å². The van der Waals surface area contributed by atoms with Crippen molar-refractivity contribution in [1.29, 1.82) is 0 Å². The van der Waals surface area contributed by atoms with E-state index in [-0.39, 0.29) is 27.1 Å². The van der Waals surface area contributed by atoms with Crippen LogP contribution in [0.5, 0.6) is 0 Å². The van der Waals surface area contributed by atoms with E-state index in [9.17, 15) is 0 Å². The van der Waals surface area contributed by atoms with Gasteiger partial charge in [0.25, 0.3) is 0 Å². The summed E-state index contributed by atoms with van der Waals surface area (Å²) in [6, 6.07) is 160. The third-order valence-corrected chi connectivity index (χ3v) is 25.3. The average Bonchev–Trinajstić information content (AvgIpc) is 0.766. The monoisotopic (exact) mass is 1650 g/mol. The maximum absolute atomic E-state index is 2.43. The SMILES string of the molecule is CC(C)(C)c1ccc(-c2cc(-c3ccc(C(C)(C)C)cc3)cc(-c3cc(-c4ccc(C(C)(C)C)cc4)cc(-c4cc(-c5ccc(C(C)(C)C)cc5)cc(-c5ccc(C(C)(C)C)cc5)c4)c3)c2)cc1.c1ccc(-c2cc(-c3ccccc3)cc(-c3cc(-c4cc(-c5ccccc5)cc(-c5ccccc5)c4)cc(-c4cc(-c5ccccc5)cc(-c5ccccc5)c4)c3)c2)cc1. The van der Waals surface area contributed by atoms with Crippen molar-refractivity contribution in [2.45, 2.75) is 131 Å². The largest absolute Gasteiger partial charge is 0.0622 e. The van der Waals surface area contributed by atoms with Gasteiger partial charge in [0.1, 0.15) is 0 Å². The van der Waals surface area contributed by atoms with Crippen LogP contribution < -0.4 is 0 Å². The van der Waals surface area contributed by atoms with Crippen molar-refractivity contribution >= 4 is 0 Å². The van der Waals surface area contributed by atoms with Gasteiger partial charge in [-0.05, 0) is 360 Å². The highest BCUT2D eigenvalue weighted by Gasteiger charge is 2.23. The minimum absolute atomic E-state index is 0.0611. The zero-order valence-electron chi connectivity index (χ0n) is 77.0. The van der Waals surface area contributed by atoms with Crippen LogP contribution in [0.15, 0.2) is 431 Å². The Labute approximate surface area is 762 Å². The topological polar surface area (TPSA) is 0 Å². The molecule has 0 unspecified atom stereocenters. The van der Waals surface area contributed by atoms with Crippen LogP contribution in [0.2, 0.25) is 0 Å². The third kappa shape index (κ3) is 20.1. The van der Waals surface area contributed by atoms with Crippen molar-refractivity contribution in [2.75, 3.05) is 0 Å². The molecule has 0 saturated carbocycles. The molecule has 0 heterocycles. The normalized spacial score (nSPS) is 11.9. The Morgan fingerprint density at radius 3 is 0.250 bits per heavy atom. The van der Waals surface area contributed by atoms with Crippen LogP contribution >= 0.6 is 0 Å². The third-order valence-electron chi connectivity index (χ3n) is 25.3. The van der Waals surface area contributed by atoms with Gasteiger partial charge in [-0.25, -0.2) is 0 Å². The molecule has 0 radical (unpaired) electrons. The van der Waals surface area contributed by atoms with Crippen LogP contribution in [-0.2, 0) is 27.1 Å². The highest BCUT2D eigenvalue weighted by atomic mass is 14.3. The minimum atomic E-state index is 0.0611. The first kappa shape index (κ1) is 86.1. The molecule has 0 amide bonds. The number of rotatable bonds is 16. The molecule has 0 saturated heterocycles. The quantitative estimate of drug-likeness (QED) is 0.0904. The molecular formula is C128H116. The van der Waals surface area contributed by atoms with Gasteiger partial charge in [0, 0.05) is 0 Å². The first-order valence-corrected chi connectivity index (χ1v) is 45.4. The first-order chi connectivity index (χ1) is 61.5. The van der Waals surface area contributed by atoms with Crippen molar-refractivity contribution < 1.29 is 0 Å². The second-order valence-electron chi connectivity index (χ2n) is 39.9. The molecule has 0 spiro atoms. The van der Waals surface area contributed by atoms with Gasteiger partial charge in [-0.15, -0.1) is 0 Å². The molecule has 18 aromatic carbocycles. The van der Waals surface area contributed by atoms with E-state index in [1.54, 1.807) is 0 Å². The molecule has 128 heavy (non-hydrogen) atoms. The van der Waals surface area contributed by atoms with Crippen LogP contribution in [0.1, 0.15) is 132 Å². The zero-order valence-corrected chi connectivity index (χ0v) is 77.0. The molecular weight excluding hydrogens is 1540 g/mol. The van der Waals surface area contributed by atoms with Crippen LogP contribution in [0.4, 0.5) is 0 Å². The summed E-state index contributed by atoms with van der Waals surface area (Å²) in [4.78, 5) is 0. The van der Waals surface area contributed by atoms with E-state index >= 15 is 0 Å². The number of hydrogen-bond acceptors (Lipinski definition) is 0. The summed E-state index contributed by atoms with van der Waals surface area (Å²) < 4.78 is 0. The van der Waals surface area contributed by atoms with Gasteiger partial charge in [0.2, 0.25) is 0 Å². The minimum Gasteiger partial charge on any atom is -0.0622 e. The van der Waals surface area contributed by atoms with E-state index in [0.717, 1.165) is 16.7 Å². The van der Waals surface area contributed by atoms with E-state index in [2.05, 4.69) is 535 Å². The summed E-state index contributed by atoms with van der Waals surface area (Å²) >= 11 is 0. The average molecular weight is 1650 g/mol. The van der Waals surface area contributed by atoms with Crippen molar-refractivity contribution in [3.63, 3.8) is 0 Å². The molecule has 628 valence electrons. The molecule has 0 aliphatic carbocycles. The number of benzene rings is 18. The van der Waals surface area contributed by atoms with Crippen molar-refractivity contribution in [2.24, 2.45) is 0 Å². The second-order valence-corrected chi connectivity index (χ2v) is 39.9. The molecule has 0 atom stereocenters. The highest BCUT2D eigenvalue weighted by molar-refractivity contribution is 5.93. The highest BCUT2D eigenvalue weighted by Crippen LogP contribution is 2.46. The fourth-order valence-electron chi connectivity index (χ4n) is 17.5. The summed E-state index contributed by atoms with van der Waals surface area (Å²) in [6.07, 6.45) is 0. The van der Waals surface area contributed by atoms with Gasteiger partial charge in [0.05, 0.1) is 0 Å². The van der Waals surface area contributed by atoms with Gasteiger partial charge >= 0.3 is 0 Å². The molecule has 0 nitrogen and oxygen atoms in total. The lowest BCUT2D eigenvalue weighted by atomic mass is 9.84. The lowest BCUT2D eigenvalue weighted by Gasteiger charge is -2.21. The summed E-state index contributed by atoms with van der Waals surface area (Å²) in [6.45, 7) is 34.3. The second kappa shape index (κ2) is 36.1. The predicted octanol–water partition coefficient (Wildman–Crippen LogP) is 36.5. The van der Waals surface area contributed by atoms with E-state index in [1.165, 1.54) is 189 Å². The van der Waals surface area contributed by atoms with Gasteiger partial charge in [-0.1, -0.05) is 407 Å². The summed E-state index contributed by atoms with van der Waals surface area (Å²) in [5.41, 5.74) is 45.2. The molecule has 18 aromatic rings. The maximum atomic E-state index is 2.43. The summed E-state index contributed by atoms with van der Waals surface area (Å²) in [5, 5.41) is 0. The lowest BCUT2D eigenvalue weighted by molar-refractivity contribution is 0.590. The van der Waals surface area contributed by atoms with E-state index in [1.807, 2.05) is 0 Å². The molecule has 0 aliphatic rings. The summed E-state index contributed by atoms with van der Waals surface area (Å²) in [7, 11) is 0. The van der Waals surface area contributed by atoms with E-state index in [0.29, 0.717) is 0 Å². The molecule has 0 aliphatic heterocycles. The van der Waals surface area contributed by atoms with Gasteiger partial charge in [0.15, 0.2) is 0 Å². The maximum Gasteiger partial charge on any atom is -0.0132 e. The molecule has 0 bridgehead atoms. The Morgan fingerprint density at radius 1 is 0.0859 bits per heavy atom. The van der Waals surface area contributed by atoms with Crippen LogP contribution in [-0.4, -0.2) is 0 Å². The fourth-order valence-corrected chi connectivity index (χ4v) is 17.5.